The standard InChI is InChI=1S/C26H23ClF4N8O3/c1-2-19(40)38-5-7-39(8-6-38)23-13-3-4-33-24(42-22-14-10-34-37-17(14)9-16(28)20(22)27)21(13)35-25(36-23)41-18-12-32-11-15(18)26(29,30)31/h2-4,9-10,15,18,32H,1,5-8,11-12H2,(H,34,37)/t15?,18-/m1/s1. The minimum atomic E-state index is -4.50. The van der Waals surface area contributed by atoms with Gasteiger partial charge in [-0.3, -0.25) is 9.89 Å². The molecule has 2 aliphatic rings. The molecule has 0 bridgehead atoms. The number of nitrogens with one attached hydrogen (secondary N) is 2. The minimum Gasteiger partial charge on any atom is -0.458 e. The second-order valence-corrected chi connectivity index (χ2v) is 10.1. The van der Waals surface area contributed by atoms with Gasteiger partial charge in [-0.1, -0.05) is 18.2 Å². The molecular weight excluding hydrogens is 584 g/mol. The lowest BCUT2D eigenvalue weighted by atomic mass is 10.1. The highest BCUT2D eigenvalue weighted by molar-refractivity contribution is 6.33. The van der Waals surface area contributed by atoms with Crippen LogP contribution in [0, 0.1) is 11.7 Å². The van der Waals surface area contributed by atoms with Gasteiger partial charge in [-0.2, -0.15) is 28.2 Å². The van der Waals surface area contributed by atoms with Gasteiger partial charge in [0, 0.05) is 51.5 Å². The van der Waals surface area contributed by atoms with Crippen LogP contribution in [0.1, 0.15) is 0 Å². The van der Waals surface area contributed by atoms with Crippen LogP contribution in [0.25, 0.3) is 21.8 Å². The highest BCUT2D eigenvalue weighted by Gasteiger charge is 2.49. The molecule has 6 rings (SSSR count). The molecule has 2 N–H and O–H groups in total. The van der Waals surface area contributed by atoms with Gasteiger partial charge < -0.3 is 24.6 Å². The molecule has 4 aromatic rings. The van der Waals surface area contributed by atoms with Gasteiger partial charge in [0.05, 0.1) is 22.5 Å². The first kappa shape index (κ1) is 27.9. The SMILES string of the molecule is C=CC(=O)N1CCN(c2nc(O[C@@H]3CNCC3C(F)(F)F)nc3c(Oc4c(Cl)c(F)cc5[nH]ncc45)nccc23)CC1. The van der Waals surface area contributed by atoms with Crippen molar-refractivity contribution in [2.45, 2.75) is 12.3 Å². The summed E-state index contributed by atoms with van der Waals surface area (Å²) < 4.78 is 67.3. The van der Waals surface area contributed by atoms with E-state index in [1.54, 1.807) is 11.0 Å². The third kappa shape index (κ3) is 5.13. The van der Waals surface area contributed by atoms with Crippen LogP contribution in [0.2, 0.25) is 5.02 Å². The molecule has 0 spiro atoms. The number of fused-ring (bicyclic) bond motifs is 2. The summed E-state index contributed by atoms with van der Waals surface area (Å²) in [5.41, 5.74) is 0.430. The maximum absolute atomic E-state index is 14.6. The molecule has 0 saturated carbocycles. The van der Waals surface area contributed by atoms with Crippen LogP contribution in [0.5, 0.6) is 17.6 Å². The number of nitrogens with zero attached hydrogens (tertiary/aromatic N) is 6. The molecule has 11 nitrogen and oxygen atoms in total. The fraction of sp³-hybridized carbons (Fsp3) is 0.346. The van der Waals surface area contributed by atoms with Crippen LogP contribution in [0.4, 0.5) is 23.4 Å². The van der Waals surface area contributed by atoms with E-state index in [4.69, 9.17) is 21.1 Å². The number of anilines is 1. The lowest BCUT2D eigenvalue weighted by Gasteiger charge is -2.35. The summed E-state index contributed by atoms with van der Waals surface area (Å²) >= 11 is 6.25. The molecule has 0 aliphatic carbocycles. The number of pyridine rings is 1. The molecule has 42 heavy (non-hydrogen) atoms. The van der Waals surface area contributed by atoms with E-state index in [2.05, 4.69) is 37.0 Å². The summed E-state index contributed by atoms with van der Waals surface area (Å²) in [4.78, 5) is 28.8. The first-order valence-electron chi connectivity index (χ1n) is 12.9. The van der Waals surface area contributed by atoms with Crippen molar-refractivity contribution >= 4 is 45.1 Å². The molecule has 220 valence electrons. The molecule has 0 radical (unpaired) electrons. The molecule has 2 fully saturated rings. The van der Waals surface area contributed by atoms with Crippen LogP contribution >= 0.6 is 11.6 Å². The second-order valence-electron chi connectivity index (χ2n) is 9.76. The number of alkyl halides is 3. The summed E-state index contributed by atoms with van der Waals surface area (Å²) in [6.45, 7) is 4.62. The molecule has 16 heteroatoms. The molecule has 5 heterocycles. The number of carbonyl (C=O) groups excluding carboxylic acids is 1. The number of hydrogen-bond acceptors (Lipinski definition) is 9. The van der Waals surface area contributed by atoms with E-state index in [1.807, 2.05) is 4.90 Å². The number of amides is 1. The summed E-state index contributed by atoms with van der Waals surface area (Å²) in [6.07, 6.45) is -1.70. The number of aromatic nitrogens is 5. The quantitative estimate of drug-likeness (QED) is 0.249. The van der Waals surface area contributed by atoms with Crippen LogP contribution in [-0.4, -0.2) is 87.5 Å². The van der Waals surface area contributed by atoms with Crippen LogP contribution in [0.15, 0.2) is 37.2 Å². The van der Waals surface area contributed by atoms with Crippen molar-refractivity contribution in [1.82, 2.24) is 35.4 Å². The maximum atomic E-state index is 14.6. The zero-order valence-corrected chi connectivity index (χ0v) is 22.5. The van der Waals surface area contributed by atoms with Crippen molar-refractivity contribution in [2.24, 2.45) is 5.92 Å². The molecule has 1 amide bonds. The average molecular weight is 607 g/mol. The molecule has 2 aliphatic heterocycles. The number of H-pyrrole nitrogens is 1. The first-order chi connectivity index (χ1) is 20.1. The van der Waals surface area contributed by atoms with E-state index < -0.39 is 24.0 Å². The van der Waals surface area contributed by atoms with E-state index >= 15 is 0 Å². The fourth-order valence-electron chi connectivity index (χ4n) is 5.07. The van der Waals surface area contributed by atoms with Gasteiger partial charge in [0.15, 0.2) is 5.75 Å². The van der Waals surface area contributed by atoms with Gasteiger partial charge in [0.2, 0.25) is 11.8 Å². The van der Waals surface area contributed by atoms with Gasteiger partial charge in [0.1, 0.15) is 34.2 Å². The number of hydrogen-bond donors (Lipinski definition) is 2. The van der Waals surface area contributed by atoms with Crippen molar-refractivity contribution in [3.8, 4) is 17.6 Å². The Morgan fingerprint density at radius 1 is 1.17 bits per heavy atom. The number of halogens is 5. The van der Waals surface area contributed by atoms with Crippen LogP contribution in [0.3, 0.4) is 0 Å². The minimum absolute atomic E-state index is 0.0585. The molecular formula is C26H23ClF4N8O3. The smallest absolute Gasteiger partial charge is 0.396 e. The topological polar surface area (TPSA) is 121 Å². The van der Waals surface area contributed by atoms with Crippen molar-refractivity contribution in [3.63, 3.8) is 0 Å². The summed E-state index contributed by atoms with van der Waals surface area (Å²) in [5, 5.41) is 9.77. The lowest BCUT2D eigenvalue weighted by molar-refractivity contribution is -0.185. The number of piperazine rings is 1. The third-order valence-corrected chi connectivity index (χ3v) is 7.59. The molecule has 2 saturated heterocycles. The predicted octanol–water partition coefficient (Wildman–Crippen LogP) is 3.85. The number of rotatable bonds is 6. The molecule has 3 aromatic heterocycles. The normalized spacial score (nSPS) is 19.5. The van der Waals surface area contributed by atoms with E-state index in [0.29, 0.717) is 48.3 Å². The van der Waals surface area contributed by atoms with E-state index in [9.17, 15) is 22.4 Å². The fourth-order valence-corrected chi connectivity index (χ4v) is 5.27. The predicted molar refractivity (Wildman–Crippen MR) is 144 cm³/mol. The zero-order valence-electron chi connectivity index (χ0n) is 21.8. The Hall–Kier alpha value is -4.24. The maximum Gasteiger partial charge on any atom is 0.396 e. The monoisotopic (exact) mass is 606 g/mol. The Morgan fingerprint density at radius 2 is 1.95 bits per heavy atom. The van der Waals surface area contributed by atoms with Crippen LogP contribution in [-0.2, 0) is 4.79 Å². The van der Waals surface area contributed by atoms with Gasteiger partial charge in [-0.05, 0) is 12.1 Å². The highest BCUT2D eigenvalue weighted by Crippen LogP contribution is 2.41. The van der Waals surface area contributed by atoms with Crippen molar-refractivity contribution in [2.75, 3.05) is 44.2 Å². The van der Waals surface area contributed by atoms with E-state index in [1.165, 1.54) is 24.5 Å². The van der Waals surface area contributed by atoms with Gasteiger partial charge in [-0.25, -0.2) is 9.37 Å². The third-order valence-electron chi connectivity index (χ3n) is 7.23. The number of carbonyl (C=O) groups is 1. The zero-order chi connectivity index (χ0) is 29.6. The average Bonchev–Trinajstić information content (AvgIpc) is 3.64. The summed E-state index contributed by atoms with van der Waals surface area (Å²) in [7, 11) is 0. The highest BCUT2D eigenvalue weighted by atomic mass is 35.5. The Morgan fingerprint density at radius 3 is 2.69 bits per heavy atom. The Bertz CT molecular complexity index is 1680. The molecule has 2 atom stereocenters. The molecule has 1 unspecified atom stereocenters. The van der Waals surface area contributed by atoms with E-state index in [0.717, 1.165) is 0 Å². The second kappa shape index (κ2) is 10.9. The number of benzene rings is 1. The first-order valence-corrected chi connectivity index (χ1v) is 13.3. The Balaban J connectivity index is 1.43. The lowest BCUT2D eigenvalue weighted by Crippen LogP contribution is -2.48. The van der Waals surface area contributed by atoms with Crippen molar-refractivity contribution in [1.29, 1.82) is 0 Å². The largest absolute Gasteiger partial charge is 0.458 e. The van der Waals surface area contributed by atoms with Crippen molar-refractivity contribution < 1.29 is 31.8 Å². The summed E-state index contributed by atoms with van der Waals surface area (Å²) in [6, 6.07) is 2.48. The Kier molecular flexibility index (Phi) is 7.22. The van der Waals surface area contributed by atoms with Gasteiger partial charge in [-0.15, -0.1) is 0 Å². The summed E-state index contributed by atoms with van der Waals surface area (Å²) in [5.74, 6) is -2.57. The van der Waals surface area contributed by atoms with Crippen molar-refractivity contribution in [3.05, 3.63) is 48.0 Å². The Labute approximate surface area is 240 Å². The number of aromatic amines is 1. The van der Waals surface area contributed by atoms with Gasteiger partial charge >= 0.3 is 12.2 Å². The van der Waals surface area contributed by atoms with Gasteiger partial charge in [0.25, 0.3) is 0 Å². The van der Waals surface area contributed by atoms with E-state index in [-0.39, 0.29) is 47.2 Å². The van der Waals surface area contributed by atoms with Crippen LogP contribution < -0.4 is 19.7 Å². The molecule has 1 aromatic carbocycles. The number of ether oxygens (including phenoxy) is 2.